The molecule has 4 nitrogen and oxygen atoms in total. The molecule has 0 bridgehead atoms. The normalized spacial score (nSPS) is 10.3. The Morgan fingerprint density at radius 3 is 2.68 bits per heavy atom. The second-order valence-electron chi connectivity index (χ2n) is 4.40. The zero-order chi connectivity index (χ0) is 13.8. The molecule has 0 fully saturated rings. The third-order valence-electron chi connectivity index (χ3n) is 2.61. The molecule has 19 heavy (non-hydrogen) atoms. The van der Waals surface area contributed by atoms with Gasteiger partial charge in [0.1, 0.15) is 5.82 Å². The molecule has 0 aliphatic carbocycles. The van der Waals surface area contributed by atoms with E-state index in [9.17, 15) is 0 Å². The quantitative estimate of drug-likeness (QED) is 0.892. The molecule has 0 unspecified atom stereocenters. The fraction of sp³-hybridized carbons (Fsp3) is 0.286. The predicted octanol–water partition coefficient (Wildman–Crippen LogP) is 4.03. The fourth-order valence-electron chi connectivity index (χ4n) is 1.76. The van der Waals surface area contributed by atoms with Crippen molar-refractivity contribution in [2.45, 2.75) is 20.8 Å². The Balaban J connectivity index is 2.28. The molecule has 2 aromatic rings. The average Bonchev–Trinajstić information content (AvgIpc) is 2.32. The van der Waals surface area contributed by atoms with E-state index in [1.165, 1.54) is 5.56 Å². The maximum Gasteiger partial charge on any atom is 0.224 e. The van der Waals surface area contributed by atoms with Crippen molar-refractivity contribution in [2.24, 2.45) is 0 Å². The van der Waals surface area contributed by atoms with Crippen LogP contribution in [0.15, 0.2) is 28.9 Å². The van der Waals surface area contributed by atoms with E-state index >= 15 is 0 Å². The van der Waals surface area contributed by atoms with Crippen LogP contribution in [0.4, 0.5) is 17.5 Å². The summed E-state index contributed by atoms with van der Waals surface area (Å²) in [7, 11) is 0. The second kappa shape index (κ2) is 6.02. The smallest absolute Gasteiger partial charge is 0.224 e. The van der Waals surface area contributed by atoms with Crippen LogP contribution < -0.4 is 10.6 Å². The molecule has 0 radical (unpaired) electrons. The summed E-state index contributed by atoms with van der Waals surface area (Å²) in [6.07, 6.45) is 1.82. The summed E-state index contributed by atoms with van der Waals surface area (Å²) in [4.78, 5) is 8.70. The summed E-state index contributed by atoms with van der Waals surface area (Å²) in [5, 5.41) is 6.44. The maximum absolute atomic E-state index is 4.47. The minimum Gasteiger partial charge on any atom is -0.354 e. The van der Waals surface area contributed by atoms with Gasteiger partial charge < -0.3 is 10.6 Å². The van der Waals surface area contributed by atoms with E-state index in [0.29, 0.717) is 5.95 Å². The van der Waals surface area contributed by atoms with Crippen molar-refractivity contribution in [3.63, 3.8) is 0 Å². The summed E-state index contributed by atoms with van der Waals surface area (Å²) < 4.78 is 1.05. The van der Waals surface area contributed by atoms with Crippen LogP contribution in [0.2, 0.25) is 0 Å². The van der Waals surface area contributed by atoms with Gasteiger partial charge in [-0.05, 0) is 44.5 Å². The van der Waals surface area contributed by atoms with Gasteiger partial charge in [0.25, 0.3) is 0 Å². The monoisotopic (exact) mass is 320 g/mol. The van der Waals surface area contributed by atoms with Crippen molar-refractivity contribution in [3.8, 4) is 0 Å². The number of nitrogens with one attached hydrogen (secondary N) is 2. The Bertz CT molecular complexity index is 563. The summed E-state index contributed by atoms with van der Waals surface area (Å²) >= 11 is 3.50. The molecule has 0 amide bonds. The average molecular weight is 321 g/mol. The largest absolute Gasteiger partial charge is 0.354 e. The third kappa shape index (κ3) is 3.67. The van der Waals surface area contributed by atoms with E-state index in [1.807, 2.05) is 26.1 Å². The standard InChI is InChI=1S/C14H17BrN4/c1-4-16-14-17-8-10(3)13(19-14)18-12-6-9(2)5-11(15)7-12/h5-8H,4H2,1-3H3,(H2,16,17,18,19). The Labute approximate surface area is 121 Å². The van der Waals surface area contributed by atoms with Crippen molar-refractivity contribution in [3.05, 3.63) is 40.0 Å². The van der Waals surface area contributed by atoms with E-state index < -0.39 is 0 Å². The molecule has 1 aromatic carbocycles. The summed E-state index contributed by atoms with van der Waals surface area (Å²) in [6.45, 7) is 6.88. The highest BCUT2D eigenvalue weighted by molar-refractivity contribution is 9.10. The van der Waals surface area contributed by atoms with Gasteiger partial charge >= 0.3 is 0 Å². The molecule has 0 saturated heterocycles. The Kier molecular flexibility index (Phi) is 4.37. The van der Waals surface area contributed by atoms with Gasteiger partial charge in [0.05, 0.1) is 0 Å². The van der Waals surface area contributed by atoms with Crippen LogP contribution >= 0.6 is 15.9 Å². The molecule has 0 spiro atoms. The molecule has 0 aliphatic rings. The molecule has 0 atom stereocenters. The van der Waals surface area contributed by atoms with Gasteiger partial charge in [-0.3, -0.25) is 0 Å². The molecule has 0 aliphatic heterocycles. The van der Waals surface area contributed by atoms with Gasteiger partial charge in [-0.2, -0.15) is 4.98 Å². The molecular weight excluding hydrogens is 304 g/mol. The van der Waals surface area contributed by atoms with Crippen molar-refractivity contribution in [1.82, 2.24) is 9.97 Å². The first-order valence-electron chi connectivity index (χ1n) is 6.20. The van der Waals surface area contributed by atoms with Crippen LogP contribution in [0.1, 0.15) is 18.1 Å². The van der Waals surface area contributed by atoms with Crippen LogP contribution in [0.25, 0.3) is 0 Å². The van der Waals surface area contributed by atoms with Crippen molar-refractivity contribution in [2.75, 3.05) is 17.2 Å². The van der Waals surface area contributed by atoms with Crippen molar-refractivity contribution >= 4 is 33.4 Å². The molecule has 1 heterocycles. The van der Waals surface area contributed by atoms with Gasteiger partial charge in [-0.25, -0.2) is 4.98 Å². The van der Waals surface area contributed by atoms with Crippen LogP contribution in [0.5, 0.6) is 0 Å². The Morgan fingerprint density at radius 2 is 2.00 bits per heavy atom. The van der Waals surface area contributed by atoms with E-state index in [0.717, 1.165) is 28.1 Å². The zero-order valence-corrected chi connectivity index (χ0v) is 12.9. The highest BCUT2D eigenvalue weighted by Gasteiger charge is 2.04. The predicted molar refractivity (Wildman–Crippen MR) is 83.1 cm³/mol. The van der Waals surface area contributed by atoms with Crippen molar-refractivity contribution in [1.29, 1.82) is 0 Å². The number of halogens is 1. The van der Waals surface area contributed by atoms with E-state index in [1.54, 1.807) is 0 Å². The third-order valence-corrected chi connectivity index (χ3v) is 3.07. The number of anilines is 3. The lowest BCUT2D eigenvalue weighted by Gasteiger charge is -2.11. The van der Waals surface area contributed by atoms with Gasteiger partial charge in [-0.15, -0.1) is 0 Å². The first-order chi connectivity index (χ1) is 9.08. The minimum atomic E-state index is 0.641. The van der Waals surface area contributed by atoms with E-state index in [2.05, 4.69) is 55.6 Å². The van der Waals surface area contributed by atoms with Gasteiger partial charge in [0, 0.05) is 28.5 Å². The van der Waals surface area contributed by atoms with Crippen LogP contribution in [0, 0.1) is 13.8 Å². The van der Waals surface area contributed by atoms with Crippen molar-refractivity contribution < 1.29 is 0 Å². The molecule has 100 valence electrons. The van der Waals surface area contributed by atoms with Gasteiger partial charge in [0.2, 0.25) is 5.95 Å². The van der Waals surface area contributed by atoms with Crippen LogP contribution in [-0.4, -0.2) is 16.5 Å². The second-order valence-corrected chi connectivity index (χ2v) is 5.31. The van der Waals surface area contributed by atoms with E-state index in [4.69, 9.17) is 0 Å². The number of hydrogen-bond donors (Lipinski definition) is 2. The lowest BCUT2D eigenvalue weighted by molar-refractivity contribution is 1.07. The molecule has 0 saturated carbocycles. The molecule has 2 rings (SSSR count). The topological polar surface area (TPSA) is 49.8 Å². The lowest BCUT2D eigenvalue weighted by atomic mass is 10.2. The van der Waals surface area contributed by atoms with Gasteiger partial charge in [0.15, 0.2) is 0 Å². The minimum absolute atomic E-state index is 0.641. The number of hydrogen-bond acceptors (Lipinski definition) is 4. The first-order valence-corrected chi connectivity index (χ1v) is 6.99. The summed E-state index contributed by atoms with van der Waals surface area (Å²) in [5.41, 5.74) is 3.21. The maximum atomic E-state index is 4.47. The van der Waals surface area contributed by atoms with E-state index in [-0.39, 0.29) is 0 Å². The number of rotatable bonds is 4. The molecule has 2 N–H and O–H groups in total. The molecular formula is C14H17BrN4. The van der Waals surface area contributed by atoms with Crippen LogP contribution in [-0.2, 0) is 0 Å². The summed E-state index contributed by atoms with van der Waals surface area (Å²) in [6, 6.07) is 6.18. The highest BCUT2D eigenvalue weighted by atomic mass is 79.9. The Hall–Kier alpha value is -1.62. The number of benzene rings is 1. The Morgan fingerprint density at radius 1 is 1.21 bits per heavy atom. The number of aromatic nitrogens is 2. The molecule has 1 aromatic heterocycles. The lowest BCUT2D eigenvalue weighted by Crippen LogP contribution is -2.05. The number of nitrogens with zero attached hydrogens (tertiary/aromatic N) is 2. The zero-order valence-electron chi connectivity index (χ0n) is 11.3. The number of aryl methyl sites for hydroxylation is 2. The first kappa shape index (κ1) is 13.8. The molecule has 5 heteroatoms. The fourth-order valence-corrected chi connectivity index (χ4v) is 2.36. The highest BCUT2D eigenvalue weighted by Crippen LogP contribution is 2.23. The van der Waals surface area contributed by atoms with Gasteiger partial charge in [-0.1, -0.05) is 15.9 Å². The SMILES string of the molecule is CCNc1ncc(C)c(Nc2cc(C)cc(Br)c2)n1. The van der Waals surface area contributed by atoms with Crippen LogP contribution in [0.3, 0.4) is 0 Å². The summed E-state index contributed by atoms with van der Waals surface area (Å²) in [5.74, 6) is 1.46.